The predicted molar refractivity (Wildman–Crippen MR) is 154 cm³/mol. The summed E-state index contributed by atoms with van der Waals surface area (Å²) in [7, 11) is 0. The fraction of sp³-hybridized carbons (Fsp3) is 0.292. The number of aromatic hydroxyl groups is 2. The van der Waals surface area contributed by atoms with E-state index in [0.29, 0.717) is 11.1 Å². The second-order valence-corrected chi connectivity index (χ2v) is 12.1. The van der Waals surface area contributed by atoms with E-state index in [9.17, 15) is 29.7 Å². The molecule has 2 aliphatic rings. The van der Waals surface area contributed by atoms with Crippen molar-refractivity contribution < 1.29 is 43.7 Å². The molecule has 0 aliphatic carbocycles. The van der Waals surface area contributed by atoms with Crippen molar-refractivity contribution in [1.29, 1.82) is 0 Å². The lowest BCUT2D eigenvalue weighted by molar-refractivity contribution is -0.148. The number of nitrogens with zero attached hydrogens (tertiary/aromatic N) is 5. The summed E-state index contributed by atoms with van der Waals surface area (Å²) < 4.78 is 10.6. The molecule has 2 atom stereocenters. The summed E-state index contributed by atoms with van der Waals surface area (Å²) in [6.07, 6.45) is -1.94. The monoisotopic (exact) mass is 649 g/mol. The van der Waals surface area contributed by atoms with E-state index in [4.69, 9.17) is 19.7 Å². The van der Waals surface area contributed by atoms with Gasteiger partial charge in [0.15, 0.2) is 22.3 Å². The Morgan fingerprint density at radius 1 is 1.30 bits per heavy atom. The van der Waals surface area contributed by atoms with Gasteiger partial charge >= 0.3 is 6.16 Å². The van der Waals surface area contributed by atoms with Crippen LogP contribution in [0.1, 0.15) is 19.5 Å². The van der Waals surface area contributed by atoms with E-state index in [-0.39, 0.29) is 62.6 Å². The lowest BCUT2D eigenvalue weighted by Gasteiger charge is -2.49. The number of rotatable bonds is 10. The van der Waals surface area contributed by atoms with Crippen LogP contribution in [0.4, 0.5) is 9.93 Å². The summed E-state index contributed by atoms with van der Waals surface area (Å²) in [5.74, 6) is -1.62. The Kier molecular flexibility index (Phi) is 8.64. The minimum Gasteiger partial charge on any atom is -0.504 e. The number of carboxylic acid groups (broad SMARTS) is 1. The van der Waals surface area contributed by atoms with Crippen LogP contribution in [0.5, 0.6) is 11.5 Å². The minimum absolute atomic E-state index is 0.0883. The van der Waals surface area contributed by atoms with Crippen LogP contribution in [0.2, 0.25) is 0 Å². The number of anilines is 1. The molecule has 16 nitrogen and oxygen atoms in total. The molecule has 43 heavy (non-hydrogen) atoms. The molecular formula is C24H23N7O9S3. The highest BCUT2D eigenvalue weighted by atomic mass is 32.2. The van der Waals surface area contributed by atoms with Crippen LogP contribution in [0.3, 0.4) is 0 Å². The lowest BCUT2D eigenvalue weighted by Crippen LogP contribution is -2.70. The first-order valence-corrected chi connectivity index (χ1v) is 15.3. The molecule has 6 N–H and O–H groups in total. The van der Waals surface area contributed by atoms with E-state index >= 15 is 0 Å². The Morgan fingerprint density at radius 3 is 2.77 bits per heavy atom. The molecule has 4 heterocycles. The number of oxime groups is 1. The van der Waals surface area contributed by atoms with E-state index in [1.165, 1.54) is 40.2 Å². The first-order chi connectivity index (χ1) is 20.5. The topological polar surface area (TPSA) is 236 Å². The summed E-state index contributed by atoms with van der Waals surface area (Å²) in [5, 5.41) is 44.2. The number of hydrogen-bond acceptors (Lipinski definition) is 16. The Balaban J connectivity index is 1.29. The molecule has 0 radical (unpaired) electrons. The standard InChI is InChI=1S/C24H23N7O9S3/c1-9(2)40-30-15(12-8-42-22(25)26-12)17(34)27-16-19(35)31-20(39-24(36)37)11(6-41-21(16)31)7-43-23-29-28-18(38-23)10-3-4-13(32)14(33)5-10/h3-5,8-9,16,21,32-33H,6-7H2,1-2H3,(H2,25,26)(H,27,34)(H,36,37)/t16-,21+/m1/s1. The SMILES string of the molecule is CC(C)ON=C(C(=O)N[C@@H]1C(=O)N2C(OC(=O)O)=C(CSc3nnc(-c4ccc(O)c(O)c4)o3)CS[C@@H]12)c1csc(N)n1. The average molecular weight is 650 g/mol. The zero-order valence-electron chi connectivity index (χ0n) is 22.3. The number of phenols is 2. The number of carbonyl (C=O) groups excluding carboxylic acids is 2. The van der Waals surface area contributed by atoms with Gasteiger partial charge in [-0.1, -0.05) is 16.9 Å². The van der Waals surface area contributed by atoms with E-state index in [2.05, 4.69) is 25.7 Å². The van der Waals surface area contributed by atoms with Gasteiger partial charge in [-0.15, -0.1) is 33.3 Å². The lowest BCUT2D eigenvalue weighted by atomic mass is 10.1. The largest absolute Gasteiger partial charge is 0.512 e. The molecule has 1 saturated heterocycles. The number of thiazole rings is 1. The quantitative estimate of drug-likeness (QED) is 0.0529. The van der Waals surface area contributed by atoms with Crippen molar-refractivity contribution in [1.82, 2.24) is 25.4 Å². The summed E-state index contributed by atoms with van der Waals surface area (Å²) in [6, 6.07) is 3.03. The molecule has 2 aliphatic heterocycles. The maximum absolute atomic E-state index is 13.2. The fourth-order valence-electron chi connectivity index (χ4n) is 3.87. The highest BCUT2D eigenvalue weighted by Gasteiger charge is 2.54. The van der Waals surface area contributed by atoms with Crippen molar-refractivity contribution in [2.45, 2.75) is 36.6 Å². The van der Waals surface area contributed by atoms with Crippen molar-refractivity contribution in [2.75, 3.05) is 17.2 Å². The normalized spacial score (nSPS) is 18.3. The first-order valence-electron chi connectivity index (χ1n) is 12.3. The van der Waals surface area contributed by atoms with Gasteiger partial charge in [-0.05, 0) is 32.0 Å². The third-order valence-electron chi connectivity index (χ3n) is 5.80. The number of nitrogens with one attached hydrogen (secondary N) is 1. The molecule has 1 aromatic carbocycles. The maximum Gasteiger partial charge on any atom is 0.512 e. The van der Waals surface area contributed by atoms with Crippen molar-refractivity contribution >= 4 is 63.7 Å². The average Bonchev–Trinajstić information content (AvgIpc) is 3.61. The van der Waals surface area contributed by atoms with Gasteiger partial charge in [0.25, 0.3) is 17.0 Å². The number of β-lactam (4-membered cyclic amide) rings is 1. The maximum atomic E-state index is 13.2. The fourth-order valence-corrected chi connectivity index (χ4v) is 6.63. The molecule has 0 bridgehead atoms. The zero-order valence-corrected chi connectivity index (χ0v) is 24.7. The number of benzene rings is 1. The molecule has 0 saturated carbocycles. The number of nitrogen functional groups attached to an aromatic ring is 1. The number of fused-ring (bicyclic) bond motifs is 1. The second kappa shape index (κ2) is 12.4. The van der Waals surface area contributed by atoms with E-state index in [0.717, 1.165) is 23.1 Å². The Labute approximate surface area is 254 Å². The molecule has 2 aromatic heterocycles. The zero-order chi connectivity index (χ0) is 30.8. The Morgan fingerprint density at radius 2 is 2.09 bits per heavy atom. The Hall–Kier alpha value is -4.49. The molecular weight excluding hydrogens is 627 g/mol. The molecule has 226 valence electrons. The van der Waals surface area contributed by atoms with Crippen LogP contribution >= 0.6 is 34.9 Å². The van der Waals surface area contributed by atoms with Crippen molar-refractivity contribution in [2.24, 2.45) is 5.16 Å². The first kappa shape index (κ1) is 30.0. The number of amides is 2. The van der Waals surface area contributed by atoms with Crippen LogP contribution in [0.25, 0.3) is 11.5 Å². The summed E-state index contributed by atoms with van der Waals surface area (Å²) in [6.45, 7) is 3.46. The second-order valence-electron chi connectivity index (χ2n) is 9.17. The van der Waals surface area contributed by atoms with E-state index in [1.807, 2.05) is 0 Å². The third kappa shape index (κ3) is 6.47. The van der Waals surface area contributed by atoms with Gasteiger partial charge in [0.2, 0.25) is 11.8 Å². The summed E-state index contributed by atoms with van der Waals surface area (Å²) >= 11 is 3.49. The van der Waals surface area contributed by atoms with Crippen LogP contribution in [-0.4, -0.2) is 88.1 Å². The molecule has 19 heteroatoms. The third-order valence-corrected chi connectivity index (χ3v) is 8.71. The van der Waals surface area contributed by atoms with Crippen molar-refractivity contribution in [3.05, 3.63) is 40.7 Å². The van der Waals surface area contributed by atoms with Crippen LogP contribution < -0.4 is 11.1 Å². The number of thioether (sulfide) groups is 2. The number of hydrogen-bond donors (Lipinski definition) is 5. The van der Waals surface area contributed by atoms with Gasteiger partial charge in [0.1, 0.15) is 23.2 Å². The van der Waals surface area contributed by atoms with E-state index in [1.54, 1.807) is 13.8 Å². The van der Waals surface area contributed by atoms with Gasteiger partial charge in [-0.25, -0.2) is 9.78 Å². The van der Waals surface area contributed by atoms with Crippen molar-refractivity contribution in [3.8, 4) is 23.0 Å². The number of aromatic nitrogens is 3. The molecule has 3 aromatic rings. The van der Waals surface area contributed by atoms with Crippen LogP contribution in [0.15, 0.2) is 49.8 Å². The van der Waals surface area contributed by atoms with Gasteiger partial charge < -0.3 is 40.4 Å². The Bertz CT molecular complexity index is 1640. The molecule has 0 spiro atoms. The summed E-state index contributed by atoms with van der Waals surface area (Å²) in [4.78, 5) is 48.3. The molecule has 0 unspecified atom stereocenters. The van der Waals surface area contributed by atoms with E-state index < -0.39 is 29.4 Å². The highest BCUT2D eigenvalue weighted by molar-refractivity contribution is 8.01. The number of phenolic OH excluding ortho intramolecular Hbond substituents is 2. The molecule has 2 amide bonds. The smallest absolute Gasteiger partial charge is 0.504 e. The molecule has 5 rings (SSSR count). The number of carbonyl (C=O) groups is 3. The summed E-state index contributed by atoms with van der Waals surface area (Å²) in [5.41, 5.74) is 6.57. The molecule has 1 fully saturated rings. The van der Waals surface area contributed by atoms with Crippen LogP contribution in [0, 0.1) is 0 Å². The van der Waals surface area contributed by atoms with Gasteiger partial charge in [0, 0.05) is 28.0 Å². The van der Waals surface area contributed by atoms with Gasteiger partial charge in [-0.2, -0.15) is 0 Å². The highest BCUT2D eigenvalue weighted by Crippen LogP contribution is 2.42. The van der Waals surface area contributed by atoms with Gasteiger partial charge in [-0.3, -0.25) is 14.5 Å². The van der Waals surface area contributed by atoms with Crippen LogP contribution in [-0.2, 0) is 19.2 Å². The minimum atomic E-state index is -1.61. The number of ether oxygens (including phenoxy) is 1. The predicted octanol–water partition coefficient (Wildman–Crippen LogP) is 2.41. The van der Waals surface area contributed by atoms with Crippen molar-refractivity contribution in [3.63, 3.8) is 0 Å². The number of nitrogens with two attached hydrogens (primary N) is 1. The van der Waals surface area contributed by atoms with Gasteiger partial charge in [0.05, 0.1) is 0 Å².